The Kier molecular flexibility index (Phi) is 2.69. The van der Waals surface area contributed by atoms with Crippen molar-refractivity contribution in [2.45, 2.75) is 0 Å². The van der Waals surface area contributed by atoms with Crippen LogP contribution < -0.4 is 0 Å². The first-order chi connectivity index (χ1) is 5.57. The number of hydrogen-bond acceptors (Lipinski definition) is 2. The molecule has 1 aromatic carbocycles. The van der Waals surface area contributed by atoms with Crippen molar-refractivity contribution >= 4 is 33.8 Å². The molecule has 5 heteroatoms. The van der Waals surface area contributed by atoms with Crippen LogP contribution in [-0.4, -0.2) is 11.4 Å². The summed E-state index contributed by atoms with van der Waals surface area (Å²) in [5.74, 6) is -1.35. The van der Waals surface area contributed by atoms with Gasteiger partial charge in [0.1, 0.15) is 5.75 Å². The second-order valence-corrected chi connectivity index (χ2v) is 3.30. The molecule has 0 amide bonds. The fourth-order valence-electron chi connectivity index (χ4n) is 0.712. The number of halogens is 3. The van der Waals surface area contributed by atoms with Crippen molar-refractivity contribution in [3.63, 3.8) is 0 Å². The van der Waals surface area contributed by atoms with E-state index in [4.69, 9.17) is 16.7 Å². The number of phenols is 1. The molecule has 64 valence electrons. The summed E-state index contributed by atoms with van der Waals surface area (Å²) in [6.45, 7) is 0. The molecule has 0 unspecified atom stereocenters. The largest absolute Gasteiger partial charge is 0.506 e. The van der Waals surface area contributed by atoms with Gasteiger partial charge in [-0.3, -0.25) is 4.79 Å². The van der Waals surface area contributed by atoms with Gasteiger partial charge in [-0.1, -0.05) is 11.6 Å². The number of carbonyl (C=O) groups is 1. The molecule has 0 radical (unpaired) electrons. The van der Waals surface area contributed by atoms with Gasteiger partial charge in [0.2, 0.25) is 0 Å². The summed E-state index contributed by atoms with van der Waals surface area (Å²) in [4.78, 5) is 10.3. The van der Waals surface area contributed by atoms with Gasteiger partial charge in [-0.05, 0) is 22.0 Å². The lowest BCUT2D eigenvalue weighted by Gasteiger charge is -2.02. The number of aromatic hydroxyl groups is 1. The SMILES string of the molecule is O=Cc1c(O)c(Cl)cc(Br)c1F. The smallest absolute Gasteiger partial charge is 0.156 e. The third kappa shape index (κ3) is 1.44. The Hall–Kier alpha value is -0.610. The van der Waals surface area contributed by atoms with Crippen LogP contribution in [0.3, 0.4) is 0 Å². The molecule has 2 nitrogen and oxygen atoms in total. The Morgan fingerprint density at radius 2 is 2.25 bits per heavy atom. The molecular weight excluding hydrogens is 250 g/mol. The van der Waals surface area contributed by atoms with E-state index in [1.807, 2.05) is 0 Å². The molecule has 0 aliphatic heterocycles. The molecule has 0 saturated carbocycles. The lowest BCUT2D eigenvalue weighted by molar-refractivity contribution is 0.111. The van der Waals surface area contributed by atoms with Crippen molar-refractivity contribution < 1.29 is 14.3 Å². The van der Waals surface area contributed by atoms with Gasteiger partial charge < -0.3 is 5.11 Å². The van der Waals surface area contributed by atoms with E-state index in [1.165, 1.54) is 6.07 Å². The highest BCUT2D eigenvalue weighted by Gasteiger charge is 2.14. The van der Waals surface area contributed by atoms with Crippen LogP contribution in [-0.2, 0) is 0 Å². The van der Waals surface area contributed by atoms with Crippen LogP contribution >= 0.6 is 27.5 Å². The highest BCUT2D eigenvalue weighted by Crippen LogP contribution is 2.33. The minimum Gasteiger partial charge on any atom is -0.506 e. The van der Waals surface area contributed by atoms with Crippen molar-refractivity contribution in [3.05, 3.63) is 26.9 Å². The van der Waals surface area contributed by atoms with Crippen molar-refractivity contribution in [3.8, 4) is 5.75 Å². The van der Waals surface area contributed by atoms with Crippen LogP contribution in [0, 0.1) is 5.82 Å². The minimum absolute atomic E-state index is 0.0485. The molecule has 0 aliphatic rings. The zero-order valence-corrected chi connectivity index (χ0v) is 7.99. The summed E-state index contributed by atoms with van der Waals surface area (Å²) in [6, 6.07) is 1.18. The van der Waals surface area contributed by atoms with E-state index >= 15 is 0 Å². The molecule has 1 N–H and O–H groups in total. The Morgan fingerprint density at radius 3 is 2.75 bits per heavy atom. The Bertz CT molecular complexity index is 314. The van der Waals surface area contributed by atoms with Crippen molar-refractivity contribution in [2.75, 3.05) is 0 Å². The fourth-order valence-corrected chi connectivity index (χ4v) is 1.50. The highest BCUT2D eigenvalue weighted by atomic mass is 79.9. The third-order valence-corrected chi connectivity index (χ3v) is 2.16. The van der Waals surface area contributed by atoms with Gasteiger partial charge in [-0.2, -0.15) is 0 Å². The van der Waals surface area contributed by atoms with Crippen molar-refractivity contribution in [1.29, 1.82) is 0 Å². The molecular formula is C7H3BrClFO2. The highest BCUT2D eigenvalue weighted by molar-refractivity contribution is 9.10. The molecule has 0 atom stereocenters. The predicted molar refractivity (Wildman–Crippen MR) is 46.2 cm³/mol. The average molecular weight is 253 g/mol. The Labute approximate surface area is 81.1 Å². The molecule has 0 heterocycles. The van der Waals surface area contributed by atoms with Crippen LogP contribution in [0.5, 0.6) is 5.75 Å². The second kappa shape index (κ2) is 3.41. The number of aldehydes is 1. The third-order valence-electron chi connectivity index (χ3n) is 1.30. The monoisotopic (exact) mass is 252 g/mol. The first kappa shape index (κ1) is 9.48. The summed E-state index contributed by atoms with van der Waals surface area (Å²) in [7, 11) is 0. The molecule has 0 fully saturated rings. The Balaban J connectivity index is 3.52. The van der Waals surface area contributed by atoms with Gasteiger partial charge in [0, 0.05) is 0 Å². The van der Waals surface area contributed by atoms with E-state index in [2.05, 4.69) is 15.9 Å². The quantitative estimate of drug-likeness (QED) is 0.617. The molecule has 1 rings (SSSR count). The van der Waals surface area contributed by atoms with Gasteiger partial charge in [0.25, 0.3) is 0 Å². The topological polar surface area (TPSA) is 37.3 Å². The zero-order valence-electron chi connectivity index (χ0n) is 5.64. The van der Waals surface area contributed by atoms with E-state index in [9.17, 15) is 9.18 Å². The Morgan fingerprint density at radius 1 is 1.67 bits per heavy atom. The van der Waals surface area contributed by atoms with Gasteiger partial charge in [-0.15, -0.1) is 0 Å². The number of phenolic OH excluding ortho intramolecular Hbond substituents is 1. The number of rotatable bonds is 1. The van der Waals surface area contributed by atoms with Crippen molar-refractivity contribution in [1.82, 2.24) is 0 Å². The maximum Gasteiger partial charge on any atom is 0.156 e. The first-order valence-corrected chi connectivity index (χ1v) is 4.06. The zero-order chi connectivity index (χ0) is 9.30. The standard InChI is InChI=1S/C7H3BrClFO2/c8-4-1-5(9)7(12)3(2-11)6(4)10/h1-2,12H. The average Bonchev–Trinajstić information content (AvgIpc) is 2.02. The lowest BCUT2D eigenvalue weighted by Crippen LogP contribution is -1.90. The van der Waals surface area contributed by atoms with E-state index in [-0.39, 0.29) is 15.8 Å². The number of carbonyl (C=O) groups excluding carboxylic acids is 1. The van der Waals surface area contributed by atoms with Crippen LogP contribution in [0.4, 0.5) is 4.39 Å². The van der Waals surface area contributed by atoms with Gasteiger partial charge in [0.15, 0.2) is 12.1 Å². The summed E-state index contributed by atoms with van der Waals surface area (Å²) in [5.41, 5.74) is -0.436. The van der Waals surface area contributed by atoms with Gasteiger partial charge >= 0.3 is 0 Å². The minimum atomic E-state index is -0.813. The molecule has 0 bridgehead atoms. The number of benzene rings is 1. The summed E-state index contributed by atoms with van der Waals surface area (Å²) in [6.07, 6.45) is 0.210. The van der Waals surface area contributed by atoms with E-state index in [0.29, 0.717) is 0 Å². The van der Waals surface area contributed by atoms with Crippen LogP contribution in [0.15, 0.2) is 10.5 Å². The van der Waals surface area contributed by atoms with E-state index < -0.39 is 17.1 Å². The second-order valence-electron chi connectivity index (χ2n) is 2.03. The van der Waals surface area contributed by atoms with E-state index in [1.54, 1.807) is 0 Å². The molecule has 1 aromatic rings. The van der Waals surface area contributed by atoms with Gasteiger partial charge in [0.05, 0.1) is 15.1 Å². The molecule has 0 aliphatic carbocycles. The van der Waals surface area contributed by atoms with Crippen molar-refractivity contribution in [2.24, 2.45) is 0 Å². The van der Waals surface area contributed by atoms with Crippen LogP contribution in [0.2, 0.25) is 5.02 Å². The molecule has 0 saturated heterocycles. The lowest BCUT2D eigenvalue weighted by atomic mass is 10.2. The predicted octanol–water partition coefficient (Wildman–Crippen LogP) is 2.76. The summed E-state index contributed by atoms with van der Waals surface area (Å²) < 4.78 is 13.0. The molecule has 0 aromatic heterocycles. The normalized spacial score (nSPS) is 9.92. The molecule has 12 heavy (non-hydrogen) atoms. The maximum atomic E-state index is 12.9. The van der Waals surface area contributed by atoms with Gasteiger partial charge in [-0.25, -0.2) is 4.39 Å². The fraction of sp³-hybridized carbons (Fsp3) is 0. The molecule has 0 spiro atoms. The van der Waals surface area contributed by atoms with Crippen LogP contribution in [0.25, 0.3) is 0 Å². The number of hydrogen-bond donors (Lipinski definition) is 1. The maximum absolute atomic E-state index is 12.9. The first-order valence-electron chi connectivity index (χ1n) is 2.89. The van der Waals surface area contributed by atoms with Crippen LogP contribution in [0.1, 0.15) is 10.4 Å². The summed E-state index contributed by atoms with van der Waals surface area (Å²) in [5, 5.41) is 9.01. The van der Waals surface area contributed by atoms with E-state index in [0.717, 1.165) is 0 Å². The summed E-state index contributed by atoms with van der Waals surface area (Å²) >= 11 is 8.31.